The first-order valence-electron chi connectivity index (χ1n) is 10.5. The minimum atomic E-state index is -0.635. The van der Waals surface area contributed by atoms with Crippen LogP contribution in [0.2, 0.25) is 5.02 Å². The Morgan fingerprint density at radius 1 is 0.882 bits per heavy atom. The molecule has 3 aromatic carbocycles. The summed E-state index contributed by atoms with van der Waals surface area (Å²) in [4.78, 5) is 39.4. The summed E-state index contributed by atoms with van der Waals surface area (Å²) < 4.78 is 0. The van der Waals surface area contributed by atoms with Gasteiger partial charge in [-0.2, -0.15) is 0 Å². The van der Waals surface area contributed by atoms with Crippen molar-refractivity contribution in [3.05, 3.63) is 98.7 Å². The summed E-state index contributed by atoms with van der Waals surface area (Å²) in [5, 5.41) is 6.01. The van der Waals surface area contributed by atoms with Gasteiger partial charge in [-0.25, -0.2) is 4.90 Å². The van der Waals surface area contributed by atoms with Gasteiger partial charge in [0.15, 0.2) is 0 Å². The molecular formula is C26H21Cl2N3O3. The number of rotatable bonds is 5. The molecule has 0 aromatic heterocycles. The average Bonchev–Trinajstić information content (AvgIpc) is 3.01. The van der Waals surface area contributed by atoms with Crippen LogP contribution in [0.1, 0.15) is 27.0 Å². The lowest BCUT2D eigenvalue weighted by Crippen LogP contribution is -2.32. The third-order valence-corrected chi connectivity index (χ3v) is 6.31. The molecule has 0 saturated carbocycles. The van der Waals surface area contributed by atoms with Crippen LogP contribution in [0.4, 0.5) is 17.1 Å². The number of halogens is 2. The van der Waals surface area contributed by atoms with Crippen molar-refractivity contribution in [1.82, 2.24) is 0 Å². The van der Waals surface area contributed by atoms with E-state index in [1.54, 1.807) is 49.4 Å². The van der Waals surface area contributed by atoms with Gasteiger partial charge in [-0.3, -0.25) is 14.4 Å². The minimum absolute atomic E-state index is 0.0430. The summed E-state index contributed by atoms with van der Waals surface area (Å²) in [6, 6.07) is 17.3. The molecule has 0 unspecified atom stereocenters. The van der Waals surface area contributed by atoms with E-state index in [1.165, 1.54) is 0 Å². The van der Waals surface area contributed by atoms with E-state index in [-0.39, 0.29) is 16.6 Å². The zero-order chi connectivity index (χ0) is 24.6. The van der Waals surface area contributed by atoms with E-state index < -0.39 is 11.8 Å². The molecule has 1 aliphatic heterocycles. The van der Waals surface area contributed by atoms with Crippen LogP contribution in [-0.2, 0) is 9.59 Å². The first-order chi connectivity index (χ1) is 16.2. The number of hydrogen-bond donors (Lipinski definition) is 2. The highest BCUT2D eigenvalue weighted by molar-refractivity contribution is 6.53. The molecule has 2 N–H and O–H groups in total. The van der Waals surface area contributed by atoms with Gasteiger partial charge in [0.1, 0.15) is 10.7 Å². The SMILES string of the molecule is Cc1ccc(NC(=O)c2ccc(NC3=C(Cl)C(=O)N(c4cccc(Cl)c4C)C3=O)cc2)c(C)c1. The summed E-state index contributed by atoms with van der Waals surface area (Å²) in [5.74, 6) is -1.48. The van der Waals surface area contributed by atoms with E-state index >= 15 is 0 Å². The van der Waals surface area contributed by atoms with Crippen LogP contribution in [0.5, 0.6) is 0 Å². The van der Waals surface area contributed by atoms with Crippen molar-refractivity contribution >= 4 is 58.0 Å². The minimum Gasteiger partial charge on any atom is -0.350 e. The van der Waals surface area contributed by atoms with Crippen molar-refractivity contribution in [2.45, 2.75) is 20.8 Å². The molecule has 0 saturated heterocycles. The molecule has 1 heterocycles. The monoisotopic (exact) mass is 493 g/mol. The van der Waals surface area contributed by atoms with Gasteiger partial charge in [0.05, 0.1) is 5.69 Å². The van der Waals surface area contributed by atoms with Crippen molar-refractivity contribution in [3.63, 3.8) is 0 Å². The lowest BCUT2D eigenvalue weighted by Gasteiger charge is -2.18. The molecule has 8 heteroatoms. The topological polar surface area (TPSA) is 78.5 Å². The van der Waals surface area contributed by atoms with E-state index in [9.17, 15) is 14.4 Å². The molecule has 3 aromatic rings. The molecule has 3 amide bonds. The second-order valence-electron chi connectivity index (χ2n) is 7.99. The lowest BCUT2D eigenvalue weighted by molar-refractivity contribution is -0.120. The van der Waals surface area contributed by atoms with E-state index in [2.05, 4.69) is 10.6 Å². The molecule has 0 radical (unpaired) electrons. The molecule has 0 spiro atoms. The van der Waals surface area contributed by atoms with Gasteiger partial charge in [-0.15, -0.1) is 0 Å². The molecule has 1 aliphatic rings. The largest absolute Gasteiger partial charge is 0.350 e. The summed E-state index contributed by atoms with van der Waals surface area (Å²) in [6.45, 7) is 5.64. The Morgan fingerprint density at radius 3 is 2.26 bits per heavy atom. The number of hydrogen-bond acceptors (Lipinski definition) is 4. The van der Waals surface area contributed by atoms with Crippen molar-refractivity contribution in [3.8, 4) is 0 Å². The van der Waals surface area contributed by atoms with E-state index in [0.29, 0.717) is 27.5 Å². The second-order valence-corrected chi connectivity index (χ2v) is 8.78. The van der Waals surface area contributed by atoms with Crippen molar-refractivity contribution in [2.75, 3.05) is 15.5 Å². The van der Waals surface area contributed by atoms with E-state index in [4.69, 9.17) is 23.2 Å². The number of anilines is 3. The highest BCUT2D eigenvalue weighted by Gasteiger charge is 2.39. The van der Waals surface area contributed by atoms with E-state index in [0.717, 1.165) is 21.7 Å². The van der Waals surface area contributed by atoms with Crippen molar-refractivity contribution in [2.24, 2.45) is 0 Å². The number of nitrogens with zero attached hydrogens (tertiary/aromatic N) is 1. The van der Waals surface area contributed by atoms with Crippen molar-refractivity contribution < 1.29 is 14.4 Å². The van der Waals surface area contributed by atoms with Crippen LogP contribution in [0.15, 0.2) is 71.4 Å². The van der Waals surface area contributed by atoms with Crippen LogP contribution in [0.3, 0.4) is 0 Å². The maximum absolute atomic E-state index is 13.0. The van der Waals surface area contributed by atoms with Gasteiger partial charge in [0.25, 0.3) is 17.7 Å². The number of carbonyl (C=O) groups is 3. The normalized spacial score (nSPS) is 13.5. The molecular weight excluding hydrogens is 473 g/mol. The quantitative estimate of drug-likeness (QED) is 0.430. The Labute approximate surface area is 207 Å². The van der Waals surface area contributed by atoms with E-state index in [1.807, 2.05) is 32.0 Å². The van der Waals surface area contributed by atoms with Gasteiger partial charge in [-0.1, -0.05) is 47.0 Å². The summed E-state index contributed by atoms with van der Waals surface area (Å²) in [6.07, 6.45) is 0. The average molecular weight is 494 g/mol. The van der Waals surface area contributed by atoms with Gasteiger partial charge in [0, 0.05) is 22.0 Å². The standard InChI is InChI=1S/C26H21Cl2N3O3/c1-14-7-12-20(15(2)13-14)30-24(32)17-8-10-18(11-9-17)29-23-22(28)25(33)31(26(23)34)21-6-4-5-19(27)16(21)3/h4-13,29H,1-3H3,(H,30,32). The first kappa shape index (κ1) is 23.5. The Morgan fingerprint density at radius 2 is 1.59 bits per heavy atom. The van der Waals surface area contributed by atoms with Crippen LogP contribution in [-0.4, -0.2) is 17.7 Å². The number of nitrogens with one attached hydrogen (secondary N) is 2. The molecule has 6 nitrogen and oxygen atoms in total. The number of aryl methyl sites for hydroxylation is 2. The van der Waals surface area contributed by atoms with Crippen LogP contribution in [0, 0.1) is 20.8 Å². The zero-order valence-corrected chi connectivity index (χ0v) is 20.2. The number of carbonyl (C=O) groups excluding carboxylic acids is 3. The smallest absolute Gasteiger partial charge is 0.283 e. The Hall–Kier alpha value is -3.61. The maximum atomic E-state index is 13.0. The van der Waals surface area contributed by atoms with Crippen molar-refractivity contribution in [1.29, 1.82) is 0 Å². The zero-order valence-electron chi connectivity index (χ0n) is 18.7. The fourth-order valence-electron chi connectivity index (χ4n) is 3.67. The van der Waals surface area contributed by atoms with Crippen LogP contribution >= 0.6 is 23.2 Å². The Kier molecular flexibility index (Phi) is 6.46. The molecule has 0 atom stereocenters. The summed E-state index contributed by atoms with van der Waals surface area (Å²) in [7, 11) is 0. The first-order valence-corrected chi connectivity index (χ1v) is 11.2. The Balaban J connectivity index is 1.50. The van der Waals surface area contributed by atoms with Gasteiger partial charge < -0.3 is 10.6 Å². The molecule has 0 fully saturated rings. The van der Waals surface area contributed by atoms with Gasteiger partial charge in [0.2, 0.25) is 0 Å². The molecule has 172 valence electrons. The summed E-state index contributed by atoms with van der Waals surface area (Å²) in [5.41, 5.74) is 4.68. The number of benzene rings is 3. The highest BCUT2D eigenvalue weighted by Crippen LogP contribution is 2.34. The predicted molar refractivity (Wildman–Crippen MR) is 135 cm³/mol. The number of amides is 3. The predicted octanol–water partition coefficient (Wildman–Crippen LogP) is 5.95. The molecule has 0 bridgehead atoms. The highest BCUT2D eigenvalue weighted by atomic mass is 35.5. The lowest BCUT2D eigenvalue weighted by atomic mass is 10.1. The van der Waals surface area contributed by atoms with Gasteiger partial charge in [-0.05, 0) is 74.4 Å². The van der Waals surface area contributed by atoms with Crippen LogP contribution < -0.4 is 15.5 Å². The summed E-state index contributed by atoms with van der Waals surface area (Å²) >= 11 is 12.4. The molecule has 34 heavy (non-hydrogen) atoms. The molecule has 0 aliphatic carbocycles. The fourth-order valence-corrected chi connectivity index (χ4v) is 4.05. The Bertz CT molecular complexity index is 1360. The third kappa shape index (κ3) is 4.42. The third-order valence-electron chi connectivity index (χ3n) is 5.55. The second kappa shape index (κ2) is 9.33. The number of imide groups is 1. The fraction of sp³-hybridized carbons (Fsp3) is 0.115. The van der Waals surface area contributed by atoms with Gasteiger partial charge >= 0.3 is 0 Å². The maximum Gasteiger partial charge on any atom is 0.283 e. The van der Waals surface area contributed by atoms with Crippen LogP contribution in [0.25, 0.3) is 0 Å². The molecule has 4 rings (SSSR count).